The molecule has 0 saturated heterocycles. The van der Waals surface area contributed by atoms with Crippen LogP contribution in [0.15, 0.2) is 66.8 Å². The quantitative estimate of drug-likeness (QED) is 0.602. The van der Waals surface area contributed by atoms with Crippen LogP contribution in [-0.2, 0) is 6.42 Å². The van der Waals surface area contributed by atoms with E-state index in [9.17, 15) is 0 Å². The van der Waals surface area contributed by atoms with Gasteiger partial charge in [-0.3, -0.25) is 0 Å². The van der Waals surface area contributed by atoms with Crippen molar-refractivity contribution in [1.29, 1.82) is 0 Å². The molecule has 0 radical (unpaired) electrons. The summed E-state index contributed by atoms with van der Waals surface area (Å²) in [6, 6.07) is 10.6. The summed E-state index contributed by atoms with van der Waals surface area (Å²) in [5.41, 5.74) is 1.40. The Kier molecular flexibility index (Phi) is 6.81. The van der Waals surface area contributed by atoms with Crippen LogP contribution in [0.25, 0.3) is 0 Å². The molecule has 17 heavy (non-hydrogen) atoms. The fourth-order valence-corrected chi connectivity index (χ4v) is 1.48. The van der Waals surface area contributed by atoms with Gasteiger partial charge in [0.15, 0.2) is 0 Å². The van der Waals surface area contributed by atoms with Crippen LogP contribution in [0.3, 0.4) is 0 Å². The lowest BCUT2D eigenvalue weighted by Crippen LogP contribution is -1.80. The molecule has 0 N–H and O–H groups in total. The highest BCUT2D eigenvalue weighted by Gasteiger charge is 1.86. The molecule has 0 fully saturated rings. The maximum Gasteiger partial charge on any atom is -0.0244 e. The SMILES string of the molecule is CC(C)/C=C/C=C/C=C/CCc1ccccc1. The number of hydrogen-bond donors (Lipinski definition) is 0. The summed E-state index contributed by atoms with van der Waals surface area (Å²) in [7, 11) is 0. The third kappa shape index (κ3) is 7.35. The fraction of sp³-hybridized carbons (Fsp3) is 0.294. The van der Waals surface area contributed by atoms with E-state index in [0.29, 0.717) is 5.92 Å². The Labute approximate surface area is 105 Å². The second kappa shape index (κ2) is 8.58. The van der Waals surface area contributed by atoms with E-state index in [2.05, 4.69) is 80.6 Å². The van der Waals surface area contributed by atoms with E-state index in [4.69, 9.17) is 0 Å². The lowest BCUT2D eigenvalue weighted by molar-refractivity contribution is 0.832. The van der Waals surface area contributed by atoms with Crippen molar-refractivity contribution in [3.63, 3.8) is 0 Å². The van der Waals surface area contributed by atoms with Gasteiger partial charge < -0.3 is 0 Å². The molecule has 1 aromatic rings. The highest BCUT2D eigenvalue weighted by atomic mass is 13.9. The van der Waals surface area contributed by atoms with Crippen molar-refractivity contribution < 1.29 is 0 Å². The molecule has 0 unspecified atom stereocenters. The molecule has 0 aliphatic rings. The average Bonchev–Trinajstić information content (AvgIpc) is 2.33. The molecule has 0 aromatic heterocycles. The van der Waals surface area contributed by atoms with Gasteiger partial charge >= 0.3 is 0 Å². The normalized spacial score (nSPS) is 12.4. The van der Waals surface area contributed by atoms with E-state index in [1.807, 2.05) is 0 Å². The van der Waals surface area contributed by atoms with Crippen LogP contribution in [0.1, 0.15) is 25.8 Å². The Morgan fingerprint density at radius 3 is 2.35 bits per heavy atom. The van der Waals surface area contributed by atoms with Crippen LogP contribution in [0.5, 0.6) is 0 Å². The van der Waals surface area contributed by atoms with Crippen molar-refractivity contribution in [2.24, 2.45) is 5.92 Å². The summed E-state index contributed by atoms with van der Waals surface area (Å²) in [5, 5.41) is 0. The van der Waals surface area contributed by atoms with Gasteiger partial charge in [0.25, 0.3) is 0 Å². The van der Waals surface area contributed by atoms with Gasteiger partial charge in [0, 0.05) is 0 Å². The van der Waals surface area contributed by atoms with Crippen LogP contribution in [0.4, 0.5) is 0 Å². The summed E-state index contributed by atoms with van der Waals surface area (Å²) in [4.78, 5) is 0. The third-order valence-corrected chi connectivity index (χ3v) is 2.41. The smallest absolute Gasteiger partial charge is 0.0244 e. The average molecular weight is 226 g/mol. The molecule has 0 saturated carbocycles. The van der Waals surface area contributed by atoms with Gasteiger partial charge in [-0.15, -0.1) is 0 Å². The summed E-state index contributed by atoms with van der Waals surface area (Å²) >= 11 is 0. The van der Waals surface area contributed by atoms with Gasteiger partial charge in [0.2, 0.25) is 0 Å². The van der Waals surface area contributed by atoms with Crippen molar-refractivity contribution in [2.45, 2.75) is 26.7 Å². The van der Waals surface area contributed by atoms with Crippen molar-refractivity contribution in [1.82, 2.24) is 0 Å². The molecule has 0 nitrogen and oxygen atoms in total. The molecule has 0 heteroatoms. The van der Waals surface area contributed by atoms with E-state index < -0.39 is 0 Å². The zero-order valence-electron chi connectivity index (χ0n) is 10.8. The maximum atomic E-state index is 2.21. The van der Waals surface area contributed by atoms with Gasteiger partial charge in [-0.05, 0) is 24.3 Å². The van der Waals surface area contributed by atoms with E-state index in [1.54, 1.807) is 0 Å². The first kappa shape index (κ1) is 13.5. The molecule has 1 aromatic carbocycles. The molecule has 0 spiro atoms. The molecular weight excluding hydrogens is 204 g/mol. The minimum Gasteiger partial charge on any atom is -0.0842 e. The highest BCUT2D eigenvalue weighted by molar-refractivity contribution is 5.16. The monoisotopic (exact) mass is 226 g/mol. The number of hydrogen-bond acceptors (Lipinski definition) is 0. The van der Waals surface area contributed by atoms with Crippen molar-refractivity contribution in [3.8, 4) is 0 Å². The van der Waals surface area contributed by atoms with Crippen molar-refractivity contribution >= 4 is 0 Å². The third-order valence-electron chi connectivity index (χ3n) is 2.41. The van der Waals surface area contributed by atoms with Crippen LogP contribution >= 0.6 is 0 Å². The Balaban J connectivity index is 2.19. The highest BCUT2D eigenvalue weighted by Crippen LogP contribution is 2.02. The first-order chi connectivity index (χ1) is 8.29. The van der Waals surface area contributed by atoms with Crippen LogP contribution < -0.4 is 0 Å². The molecular formula is C17H22. The van der Waals surface area contributed by atoms with E-state index in [-0.39, 0.29) is 0 Å². The van der Waals surface area contributed by atoms with Crippen LogP contribution in [-0.4, -0.2) is 0 Å². The molecule has 0 amide bonds. The first-order valence-corrected chi connectivity index (χ1v) is 6.33. The number of rotatable bonds is 6. The Morgan fingerprint density at radius 1 is 0.941 bits per heavy atom. The molecule has 0 aliphatic heterocycles. The molecule has 0 atom stereocenters. The largest absolute Gasteiger partial charge is 0.0842 e. The second-order valence-electron chi connectivity index (χ2n) is 4.47. The summed E-state index contributed by atoms with van der Waals surface area (Å²) < 4.78 is 0. The minimum atomic E-state index is 0.627. The molecule has 0 heterocycles. The minimum absolute atomic E-state index is 0.627. The number of aryl methyl sites for hydroxylation is 1. The van der Waals surface area contributed by atoms with Gasteiger partial charge in [-0.2, -0.15) is 0 Å². The Hall–Kier alpha value is -1.56. The van der Waals surface area contributed by atoms with E-state index >= 15 is 0 Å². The fourth-order valence-electron chi connectivity index (χ4n) is 1.48. The Morgan fingerprint density at radius 2 is 1.65 bits per heavy atom. The predicted molar refractivity (Wildman–Crippen MR) is 77.0 cm³/mol. The maximum absolute atomic E-state index is 2.21. The molecule has 90 valence electrons. The number of allylic oxidation sites excluding steroid dienone is 6. The number of benzene rings is 1. The second-order valence-corrected chi connectivity index (χ2v) is 4.47. The van der Waals surface area contributed by atoms with Crippen molar-refractivity contribution in [2.75, 3.05) is 0 Å². The first-order valence-electron chi connectivity index (χ1n) is 6.33. The van der Waals surface area contributed by atoms with Crippen LogP contribution in [0.2, 0.25) is 0 Å². The predicted octanol–water partition coefficient (Wildman–Crippen LogP) is 4.94. The molecule has 0 bridgehead atoms. The summed E-state index contributed by atoms with van der Waals surface area (Å²) in [5.74, 6) is 0.627. The summed E-state index contributed by atoms with van der Waals surface area (Å²) in [6.07, 6.45) is 15.0. The summed E-state index contributed by atoms with van der Waals surface area (Å²) in [6.45, 7) is 4.36. The van der Waals surface area contributed by atoms with E-state index in [1.165, 1.54) is 5.56 Å². The van der Waals surface area contributed by atoms with Crippen molar-refractivity contribution in [3.05, 3.63) is 72.4 Å². The van der Waals surface area contributed by atoms with E-state index in [0.717, 1.165) is 12.8 Å². The standard InChI is InChI=1S/C17H22/c1-16(2)12-8-5-3-4-6-9-13-17-14-10-7-11-15-17/h3-8,10-12,14-16H,9,13H2,1-2H3/b5-3+,6-4+,12-8+. The van der Waals surface area contributed by atoms with Gasteiger partial charge in [-0.1, -0.05) is 80.6 Å². The van der Waals surface area contributed by atoms with Gasteiger partial charge in [-0.25, -0.2) is 0 Å². The molecule has 0 aliphatic carbocycles. The Bertz CT molecular complexity index is 366. The lowest BCUT2D eigenvalue weighted by atomic mass is 10.1. The van der Waals surface area contributed by atoms with Crippen LogP contribution in [0, 0.1) is 5.92 Å². The topological polar surface area (TPSA) is 0 Å². The van der Waals surface area contributed by atoms with Gasteiger partial charge in [0.1, 0.15) is 0 Å². The molecule has 1 rings (SSSR count). The lowest BCUT2D eigenvalue weighted by Gasteiger charge is -1.95. The zero-order chi connectivity index (χ0) is 12.3. The van der Waals surface area contributed by atoms with Gasteiger partial charge in [0.05, 0.1) is 0 Å². The zero-order valence-corrected chi connectivity index (χ0v) is 10.8.